The highest BCUT2D eigenvalue weighted by Crippen LogP contribution is 2.01. The molecule has 0 aromatic carbocycles. The van der Waals surface area contributed by atoms with E-state index in [-0.39, 0.29) is 12.2 Å². The molecule has 1 heterocycles. The number of carboxylic acids is 1. The lowest BCUT2D eigenvalue weighted by molar-refractivity contribution is 0.0686. The lowest BCUT2D eigenvalue weighted by Gasteiger charge is -1.98. The number of nitrogens with zero attached hydrogens (tertiary/aromatic N) is 2. The number of hydrogen-bond acceptors (Lipinski definition) is 3. The van der Waals surface area contributed by atoms with E-state index in [0.717, 1.165) is 0 Å². The molecule has 0 radical (unpaired) electrons. The van der Waals surface area contributed by atoms with Crippen LogP contribution in [0.4, 0.5) is 0 Å². The monoisotopic (exact) mass is 155 g/mol. The van der Waals surface area contributed by atoms with Crippen LogP contribution in [0.1, 0.15) is 16.3 Å². The zero-order valence-electron chi connectivity index (χ0n) is 6.11. The van der Waals surface area contributed by atoms with Crippen LogP contribution in [0.5, 0.6) is 0 Å². The van der Waals surface area contributed by atoms with Crippen molar-refractivity contribution >= 4 is 5.97 Å². The fourth-order valence-electron chi connectivity index (χ4n) is 0.836. The van der Waals surface area contributed by atoms with E-state index in [1.807, 2.05) is 0 Å². The maximum Gasteiger partial charge on any atom is 0.354 e. The molecule has 1 rings (SSSR count). The van der Waals surface area contributed by atoms with E-state index < -0.39 is 5.97 Å². The predicted octanol–water partition coefficient (Wildman–Crippen LogP) is -0.423. The zero-order chi connectivity index (χ0) is 8.43. The molecule has 0 aliphatic carbocycles. The van der Waals surface area contributed by atoms with Gasteiger partial charge in [-0.3, -0.25) is 0 Å². The highest BCUT2D eigenvalue weighted by Gasteiger charge is 2.10. The largest absolute Gasteiger partial charge is 0.477 e. The van der Waals surface area contributed by atoms with Crippen LogP contribution in [-0.2, 0) is 13.6 Å². The summed E-state index contributed by atoms with van der Waals surface area (Å²) in [4.78, 5) is 14.3. The molecule has 0 spiro atoms. The van der Waals surface area contributed by atoms with Crippen molar-refractivity contribution in [2.45, 2.75) is 6.54 Å². The Bertz CT molecular complexity index is 279. The van der Waals surface area contributed by atoms with E-state index in [4.69, 9.17) is 10.8 Å². The standard InChI is InChI=1S/C6H9N3O2/c1-9-4(6(10)11)3-8-5(9)2-7/h3H,2,7H2,1H3,(H,10,11). The average molecular weight is 155 g/mol. The number of carbonyl (C=O) groups is 1. The fourth-order valence-corrected chi connectivity index (χ4v) is 0.836. The summed E-state index contributed by atoms with van der Waals surface area (Å²) in [5.74, 6) is -0.415. The number of imidazole rings is 1. The van der Waals surface area contributed by atoms with Gasteiger partial charge in [0.1, 0.15) is 11.5 Å². The SMILES string of the molecule is Cn1c(C(=O)O)cnc1CN. The molecule has 3 N–H and O–H groups in total. The number of carboxylic acid groups (broad SMARTS) is 1. The molecule has 11 heavy (non-hydrogen) atoms. The fraction of sp³-hybridized carbons (Fsp3) is 0.333. The van der Waals surface area contributed by atoms with Gasteiger partial charge in [0.2, 0.25) is 0 Å². The van der Waals surface area contributed by atoms with Gasteiger partial charge in [-0.05, 0) is 0 Å². The summed E-state index contributed by atoms with van der Waals surface area (Å²) in [6.45, 7) is 0.254. The third kappa shape index (κ3) is 1.22. The van der Waals surface area contributed by atoms with Crippen LogP contribution in [-0.4, -0.2) is 20.6 Å². The van der Waals surface area contributed by atoms with E-state index in [9.17, 15) is 4.79 Å². The number of rotatable bonds is 2. The maximum absolute atomic E-state index is 10.4. The van der Waals surface area contributed by atoms with Gasteiger partial charge in [0, 0.05) is 7.05 Å². The van der Waals surface area contributed by atoms with Gasteiger partial charge in [-0.1, -0.05) is 0 Å². The van der Waals surface area contributed by atoms with Crippen molar-refractivity contribution in [1.29, 1.82) is 0 Å². The molecule has 0 amide bonds. The number of aromatic carboxylic acids is 1. The third-order valence-corrected chi connectivity index (χ3v) is 1.49. The summed E-state index contributed by atoms with van der Waals surface area (Å²) in [6, 6.07) is 0. The molecule has 0 atom stereocenters. The van der Waals surface area contributed by atoms with Gasteiger partial charge in [-0.2, -0.15) is 0 Å². The molecule has 0 aliphatic rings. The van der Waals surface area contributed by atoms with Gasteiger partial charge >= 0.3 is 5.97 Å². The van der Waals surface area contributed by atoms with Gasteiger partial charge in [0.15, 0.2) is 0 Å². The van der Waals surface area contributed by atoms with Crippen molar-refractivity contribution in [3.05, 3.63) is 17.7 Å². The van der Waals surface area contributed by atoms with Gasteiger partial charge in [0.25, 0.3) is 0 Å². The first-order valence-corrected chi connectivity index (χ1v) is 3.10. The molecule has 5 nitrogen and oxygen atoms in total. The van der Waals surface area contributed by atoms with Crippen molar-refractivity contribution in [2.75, 3.05) is 0 Å². The Kier molecular flexibility index (Phi) is 1.91. The summed E-state index contributed by atoms with van der Waals surface area (Å²) in [6.07, 6.45) is 1.30. The molecule has 60 valence electrons. The number of aromatic nitrogens is 2. The summed E-state index contributed by atoms with van der Waals surface area (Å²) < 4.78 is 1.46. The predicted molar refractivity (Wildman–Crippen MR) is 38.1 cm³/mol. The van der Waals surface area contributed by atoms with E-state index in [1.165, 1.54) is 10.8 Å². The Morgan fingerprint density at radius 2 is 2.55 bits per heavy atom. The molecule has 0 aliphatic heterocycles. The Hall–Kier alpha value is -1.36. The molecule has 0 fully saturated rings. The second-order valence-electron chi connectivity index (χ2n) is 2.13. The summed E-state index contributed by atoms with van der Waals surface area (Å²) in [7, 11) is 1.62. The van der Waals surface area contributed by atoms with Gasteiger partial charge in [-0.25, -0.2) is 9.78 Å². The molecular formula is C6H9N3O2. The molecule has 1 aromatic rings. The Balaban J connectivity index is 3.10. The highest BCUT2D eigenvalue weighted by atomic mass is 16.4. The van der Waals surface area contributed by atoms with Crippen LogP contribution in [0.15, 0.2) is 6.20 Å². The highest BCUT2D eigenvalue weighted by molar-refractivity contribution is 5.85. The van der Waals surface area contributed by atoms with Gasteiger partial charge in [0.05, 0.1) is 12.7 Å². The molecular weight excluding hydrogens is 146 g/mol. The van der Waals surface area contributed by atoms with Crippen LogP contribution in [0.2, 0.25) is 0 Å². The van der Waals surface area contributed by atoms with Crippen LogP contribution < -0.4 is 5.73 Å². The first-order chi connectivity index (χ1) is 5.16. The molecule has 1 aromatic heterocycles. The lowest BCUT2D eigenvalue weighted by Crippen LogP contribution is -2.09. The molecule has 0 unspecified atom stereocenters. The summed E-state index contributed by atoms with van der Waals surface area (Å²) >= 11 is 0. The van der Waals surface area contributed by atoms with Crippen molar-refractivity contribution in [1.82, 2.24) is 9.55 Å². The van der Waals surface area contributed by atoms with Gasteiger partial charge < -0.3 is 15.4 Å². The Morgan fingerprint density at radius 1 is 1.91 bits per heavy atom. The Labute approximate surface area is 63.5 Å². The van der Waals surface area contributed by atoms with E-state index in [0.29, 0.717) is 5.82 Å². The normalized spacial score (nSPS) is 10.0. The minimum atomic E-state index is -0.986. The van der Waals surface area contributed by atoms with Gasteiger partial charge in [-0.15, -0.1) is 0 Å². The summed E-state index contributed by atoms with van der Waals surface area (Å²) in [5.41, 5.74) is 5.45. The average Bonchev–Trinajstić information content (AvgIpc) is 2.30. The molecule has 0 saturated heterocycles. The number of hydrogen-bond donors (Lipinski definition) is 2. The first-order valence-electron chi connectivity index (χ1n) is 3.10. The second-order valence-corrected chi connectivity index (χ2v) is 2.13. The third-order valence-electron chi connectivity index (χ3n) is 1.49. The molecule has 0 saturated carbocycles. The van der Waals surface area contributed by atoms with Crippen LogP contribution in [0, 0.1) is 0 Å². The zero-order valence-corrected chi connectivity index (χ0v) is 6.11. The quantitative estimate of drug-likeness (QED) is 0.607. The van der Waals surface area contributed by atoms with Crippen molar-refractivity contribution < 1.29 is 9.90 Å². The minimum Gasteiger partial charge on any atom is -0.477 e. The van der Waals surface area contributed by atoms with Crippen molar-refractivity contribution in [3.8, 4) is 0 Å². The maximum atomic E-state index is 10.4. The van der Waals surface area contributed by atoms with Crippen molar-refractivity contribution in [3.63, 3.8) is 0 Å². The minimum absolute atomic E-state index is 0.158. The topological polar surface area (TPSA) is 81.1 Å². The van der Waals surface area contributed by atoms with Crippen molar-refractivity contribution in [2.24, 2.45) is 12.8 Å². The molecule has 0 bridgehead atoms. The van der Waals surface area contributed by atoms with Crippen LogP contribution >= 0.6 is 0 Å². The van der Waals surface area contributed by atoms with E-state index in [2.05, 4.69) is 4.98 Å². The van der Waals surface area contributed by atoms with E-state index >= 15 is 0 Å². The summed E-state index contributed by atoms with van der Waals surface area (Å²) in [5, 5.41) is 8.57. The lowest BCUT2D eigenvalue weighted by atomic mass is 10.5. The van der Waals surface area contributed by atoms with Crippen LogP contribution in [0.25, 0.3) is 0 Å². The number of nitrogens with two attached hydrogens (primary N) is 1. The first kappa shape index (κ1) is 7.74. The molecule has 5 heteroatoms. The second kappa shape index (κ2) is 2.71. The smallest absolute Gasteiger partial charge is 0.354 e. The van der Waals surface area contributed by atoms with Crippen LogP contribution in [0.3, 0.4) is 0 Å². The Morgan fingerprint density at radius 3 is 2.82 bits per heavy atom. The van der Waals surface area contributed by atoms with E-state index in [1.54, 1.807) is 7.05 Å².